The van der Waals surface area contributed by atoms with Crippen molar-refractivity contribution in [2.45, 2.75) is 12.8 Å². The van der Waals surface area contributed by atoms with Gasteiger partial charge in [0.2, 0.25) is 0 Å². The normalized spacial score (nSPS) is 18.9. The molecule has 0 radical (unpaired) electrons. The van der Waals surface area contributed by atoms with Crippen LogP contribution in [-0.2, 0) is 4.74 Å². The summed E-state index contributed by atoms with van der Waals surface area (Å²) in [4.78, 5) is 15.9. The van der Waals surface area contributed by atoms with E-state index in [9.17, 15) is 9.18 Å². The molecule has 1 unspecified atom stereocenters. The molecular formula is C13H18FN3O2. The first-order valence-electron chi connectivity index (χ1n) is 6.40. The van der Waals surface area contributed by atoms with Crippen LogP contribution >= 0.6 is 0 Å². The average Bonchev–Trinajstić information content (AvgIpc) is 2.46. The predicted octanol–water partition coefficient (Wildman–Crippen LogP) is 1.42. The van der Waals surface area contributed by atoms with E-state index in [2.05, 4.69) is 15.6 Å². The minimum atomic E-state index is -0.523. The van der Waals surface area contributed by atoms with Crippen LogP contribution in [0.4, 0.5) is 10.2 Å². The van der Waals surface area contributed by atoms with Crippen LogP contribution in [0.3, 0.4) is 0 Å². The molecule has 1 atom stereocenters. The largest absolute Gasteiger partial charge is 0.381 e. The van der Waals surface area contributed by atoms with Gasteiger partial charge in [-0.1, -0.05) is 0 Å². The Morgan fingerprint density at radius 3 is 3.16 bits per heavy atom. The molecule has 2 rings (SSSR count). The highest BCUT2D eigenvalue weighted by Crippen LogP contribution is 2.15. The lowest BCUT2D eigenvalue weighted by Gasteiger charge is -2.22. The van der Waals surface area contributed by atoms with Gasteiger partial charge >= 0.3 is 0 Å². The third-order valence-electron chi connectivity index (χ3n) is 3.14. The van der Waals surface area contributed by atoms with Crippen molar-refractivity contribution in [3.8, 4) is 0 Å². The standard InChI is InChI=1S/C13H18FN3O2/c1-15-12-11(5-10(14)7-16-12)13(18)17-6-9-3-2-4-19-8-9/h5,7,9H,2-4,6,8H2,1H3,(H,15,16)(H,17,18). The number of hydrogen-bond donors (Lipinski definition) is 2. The van der Waals surface area contributed by atoms with Crippen molar-refractivity contribution in [3.05, 3.63) is 23.6 Å². The van der Waals surface area contributed by atoms with E-state index >= 15 is 0 Å². The molecule has 0 saturated carbocycles. The van der Waals surface area contributed by atoms with Crippen molar-refractivity contribution >= 4 is 11.7 Å². The Morgan fingerprint density at radius 1 is 1.63 bits per heavy atom. The Bertz CT molecular complexity index is 448. The molecule has 1 aromatic heterocycles. The number of anilines is 1. The van der Waals surface area contributed by atoms with Gasteiger partial charge in [-0.3, -0.25) is 4.79 Å². The van der Waals surface area contributed by atoms with Gasteiger partial charge in [-0.05, 0) is 24.8 Å². The van der Waals surface area contributed by atoms with Gasteiger partial charge in [-0.25, -0.2) is 9.37 Å². The number of nitrogens with zero attached hydrogens (tertiary/aromatic N) is 1. The molecule has 1 aliphatic rings. The fourth-order valence-corrected chi connectivity index (χ4v) is 2.11. The predicted molar refractivity (Wildman–Crippen MR) is 69.6 cm³/mol. The summed E-state index contributed by atoms with van der Waals surface area (Å²) in [6, 6.07) is 1.19. The molecular weight excluding hydrogens is 249 g/mol. The van der Waals surface area contributed by atoms with Crippen LogP contribution in [0.1, 0.15) is 23.2 Å². The molecule has 1 amide bonds. The zero-order chi connectivity index (χ0) is 13.7. The Hall–Kier alpha value is -1.69. The Kier molecular flexibility index (Phi) is 4.68. The molecule has 1 saturated heterocycles. The van der Waals surface area contributed by atoms with Crippen molar-refractivity contribution in [1.82, 2.24) is 10.3 Å². The molecule has 2 N–H and O–H groups in total. The van der Waals surface area contributed by atoms with Crippen LogP contribution in [0.5, 0.6) is 0 Å². The van der Waals surface area contributed by atoms with E-state index in [1.54, 1.807) is 7.05 Å². The fourth-order valence-electron chi connectivity index (χ4n) is 2.11. The molecule has 6 heteroatoms. The number of amides is 1. The van der Waals surface area contributed by atoms with E-state index in [4.69, 9.17) is 4.74 Å². The molecule has 19 heavy (non-hydrogen) atoms. The van der Waals surface area contributed by atoms with Gasteiger partial charge in [0.1, 0.15) is 11.6 Å². The summed E-state index contributed by atoms with van der Waals surface area (Å²) in [5.74, 6) is -0.136. The van der Waals surface area contributed by atoms with Gasteiger partial charge in [0.25, 0.3) is 5.91 Å². The summed E-state index contributed by atoms with van der Waals surface area (Å²) in [5, 5.41) is 5.58. The summed E-state index contributed by atoms with van der Waals surface area (Å²) in [5.41, 5.74) is 0.222. The number of pyridine rings is 1. The third-order valence-corrected chi connectivity index (χ3v) is 3.14. The lowest BCUT2D eigenvalue weighted by molar-refractivity contribution is 0.0536. The number of halogens is 1. The second-order valence-corrected chi connectivity index (χ2v) is 4.59. The van der Waals surface area contributed by atoms with Gasteiger partial charge in [-0.2, -0.15) is 0 Å². The average molecular weight is 267 g/mol. The van der Waals surface area contributed by atoms with E-state index < -0.39 is 5.82 Å². The maximum absolute atomic E-state index is 13.1. The van der Waals surface area contributed by atoms with E-state index in [1.807, 2.05) is 0 Å². The summed E-state index contributed by atoms with van der Waals surface area (Å²) in [6.45, 7) is 2.00. The molecule has 0 spiro atoms. The van der Waals surface area contributed by atoms with Gasteiger partial charge in [0, 0.05) is 20.2 Å². The molecule has 104 valence electrons. The number of carbonyl (C=O) groups excluding carboxylic acids is 1. The Balaban J connectivity index is 1.97. The topological polar surface area (TPSA) is 63.2 Å². The zero-order valence-corrected chi connectivity index (χ0v) is 10.9. The highest BCUT2D eigenvalue weighted by atomic mass is 19.1. The molecule has 0 aliphatic carbocycles. The second kappa shape index (κ2) is 6.47. The fraction of sp³-hybridized carbons (Fsp3) is 0.538. The van der Waals surface area contributed by atoms with E-state index in [0.29, 0.717) is 24.9 Å². The van der Waals surface area contributed by atoms with Crippen LogP contribution in [0, 0.1) is 11.7 Å². The molecule has 0 bridgehead atoms. The lowest BCUT2D eigenvalue weighted by Crippen LogP contribution is -2.33. The van der Waals surface area contributed by atoms with Crippen LogP contribution in [0.25, 0.3) is 0 Å². The number of hydrogen-bond acceptors (Lipinski definition) is 4. The van der Waals surface area contributed by atoms with Gasteiger partial charge in [0.15, 0.2) is 0 Å². The maximum atomic E-state index is 13.1. The molecule has 5 nitrogen and oxygen atoms in total. The molecule has 1 aromatic rings. The van der Waals surface area contributed by atoms with Crippen LogP contribution < -0.4 is 10.6 Å². The highest BCUT2D eigenvalue weighted by molar-refractivity contribution is 5.98. The number of ether oxygens (including phenoxy) is 1. The molecule has 1 aliphatic heterocycles. The second-order valence-electron chi connectivity index (χ2n) is 4.59. The summed E-state index contributed by atoms with van der Waals surface area (Å²) < 4.78 is 18.5. The van der Waals surface area contributed by atoms with Gasteiger partial charge in [-0.15, -0.1) is 0 Å². The first-order chi connectivity index (χ1) is 9.20. The summed E-state index contributed by atoms with van der Waals surface area (Å²) in [7, 11) is 1.64. The lowest BCUT2D eigenvalue weighted by atomic mass is 10.0. The monoisotopic (exact) mass is 267 g/mol. The molecule has 2 heterocycles. The number of carbonyl (C=O) groups is 1. The first kappa shape index (κ1) is 13.7. The Labute approximate surface area is 111 Å². The van der Waals surface area contributed by atoms with Crippen molar-refractivity contribution in [2.24, 2.45) is 5.92 Å². The summed E-state index contributed by atoms with van der Waals surface area (Å²) >= 11 is 0. The van der Waals surface area contributed by atoms with Crippen LogP contribution in [-0.4, -0.2) is 37.7 Å². The third kappa shape index (κ3) is 3.64. The van der Waals surface area contributed by atoms with Crippen molar-refractivity contribution in [1.29, 1.82) is 0 Å². The van der Waals surface area contributed by atoms with Crippen LogP contribution in [0.15, 0.2) is 12.3 Å². The van der Waals surface area contributed by atoms with Crippen molar-refractivity contribution in [2.75, 3.05) is 32.1 Å². The minimum absolute atomic E-state index is 0.222. The quantitative estimate of drug-likeness (QED) is 0.866. The van der Waals surface area contributed by atoms with Crippen LogP contribution in [0.2, 0.25) is 0 Å². The molecule has 0 aromatic carbocycles. The number of nitrogens with one attached hydrogen (secondary N) is 2. The first-order valence-corrected chi connectivity index (χ1v) is 6.40. The van der Waals surface area contributed by atoms with E-state index in [1.165, 1.54) is 6.07 Å². The molecule has 1 fully saturated rings. The van der Waals surface area contributed by atoms with E-state index in [-0.39, 0.29) is 11.5 Å². The zero-order valence-electron chi connectivity index (χ0n) is 10.9. The SMILES string of the molecule is CNc1ncc(F)cc1C(=O)NCC1CCCOC1. The van der Waals surface area contributed by atoms with Gasteiger partial charge in [0.05, 0.1) is 18.4 Å². The minimum Gasteiger partial charge on any atom is -0.381 e. The summed E-state index contributed by atoms with van der Waals surface area (Å²) in [6.07, 6.45) is 3.14. The number of aromatic nitrogens is 1. The smallest absolute Gasteiger partial charge is 0.255 e. The van der Waals surface area contributed by atoms with Gasteiger partial charge < -0.3 is 15.4 Å². The van der Waals surface area contributed by atoms with Crippen molar-refractivity contribution in [3.63, 3.8) is 0 Å². The van der Waals surface area contributed by atoms with Crippen molar-refractivity contribution < 1.29 is 13.9 Å². The maximum Gasteiger partial charge on any atom is 0.255 e. The Morgan fingerprint density at radius 2 is 2.47 bits per heavy atom. The number of rotatable bonds is 4. The van der Waals surface area contributed by atoms with E-state index in [0.717, 1.165) is 25.6 Å². The highest BCUT2D eigenvalue weighted by Gasteiger charge is 2.17.